The van der Waals surface area contributed by atoms with Crippen LogP contribution in [0.15, 0.2) is 60.7 Å². The summed E-state index contributed by atoms with van der Waals surface area (Å²) in [4.78, 5) is 33.2. The molecular weight excluding hydrogens is 547 g/mol. The van der Waals surface area contributed by atoms with Crippen molar-refractivity contribution in [2.75, 3.05) is 8.12 Å². The van der Waals surface area contributed by atoms with E-state index in [-0.39, 0.29) is 35.7 Å². The molecule has 3 rings (SSSR count). The summed E-state index contributed by atoms with van der Waals surface area (Å²) in [6, 6.07) is 18.1. The summed E-state index contributed by atoms with van der Waals surface area (Å²) < 4.78 is 7.62. The molecule has 0 aliphatic heterocycles. The molecule has 34 heavy (non-hydrogen) atoms. The summed E-state index contributed by atoms with van der Waals surface area (Å²) in [6.45, 7) is 4.13. The number of primary amides is 1. The van der Waals surface area contributed by atoms with Gasteiger partial charge in [0.2, 0.25) is 11.8 Å². The Morgan fingerprint density at radius 1 is 1.09 bits per heavy atom. The lowest BCUT2D eigenvalue weighted by Crippen LogP contribution is -2.44. The second-order valence-electron chi connectivity index (χ2n) is 8.02. The quantitative estimate of drug-likeness (QED) is 0.116. The lowest BCUT2D eigenvalue weighted by molar-refractivity contribution is -0.109. The second-order valence-corrected chi connectivity index (χ2v) is 8.99. The molecule has 0 saturated carbocycles. The van der Waals surface area contributed by atoms with Gasteiger partial charge in [-0.15, -0.1) is 0 Å². The van der Waals surface area contributed by atoms with Gasteiger partial charge in [-0.25, -0.2) is 5.84 Å². The number of hydrogen-bond acceptors (Lipinski definition) is 8. The number of ether oxygens (including phenoxy) is 1. The van der Waals surface area contributed by atoms with Gasteiger partial charge >= 0.3 is 0 Å². The van der Waals surface area contributed by atoms with Crippen LogP contribution in [0.5, 0.6) is 5.88 Å². The number of aromatic nitrogens is 2. The van der Waals surface area contributed by atoms with Crippen LogP contribution in [0.2, 0.25) is 0 Å². The largest absolute Gasteiger partial charge is 0.472 e. The molecule has 9 nitrogen and oxygen atoms in total. The minimum absolute atomic E-state index is 0.0119. The van der Waals surface area contributed by atoms with Gasteiger partial charge in [-0.3, -0.25) is 12.9 Å². The van der Waals surface area contributed by atoms with E-state index < -0.39 is 11.9 Å². The zero-order chi connectivity index (χ0) is 24.7. The summed E-state index contributed by atoms with van der Waals surface area (Å²) in [6.07, 6.45) is 1.26. The highest BCUT2D eigenvalue weighted by Gasteiger charge is 2.28. The third kappa shape index (κ3) is 6.20. The number of hydrogen-bond donors (Lipinski definition) is 2. The van der Waals surface area contributed by atoms with Gasteiger partial charge in [0, 0.05) is 0 Å². The molecule has 178 valence electrons. The fraction of sp³-hybridized carbons (Fsp3) is 0.250. The number of rotatable bonds is 11. The van der Waals surface area contributed by atoms with Crippen LogP contribution in [0, 0.1) is 5.92 Å². The standard InChI is InChI=1S/C24H27IN6O3/c1-16(2)13-19(14-32)31(27)24-28-22(30(25)18-11-7-4-8-12-18)20(21(26)33)23(29-24)34-15-17-9-5-3-6-10-17/h3-12,14,16,19H,13,15,27H2,1-2H3,(H2,26,33)/t19-/m1/s1. The summed E-state index contributed by atoms with van der Waals surface area (Å²) >= 11 is 2.03. The Bertz CT molecular complexity index is 1110. The number of benzene rings is 2. The predicted octanol–water partition coefficient (Wildman–Crippen LogP) is 3.94. The normalized spacial score (nSPS) is 11.7. The predicted molar refractivity (Wildman–Crippen MR) is 140 cm³/mol. The number of hydrazine groups is 1. The van der Waals surface area contributed by atoms with E-state index >= 15 is 0 Å². The van der Waals surface area contributed by atoms with Gasteiger partial charge in [0.15, 0.2) is 5.82 Å². The summed E-state index contributed by atoms with van der Waals surface area (Å²) in [5.41, 5.74) is 7.39. The van der Waals surface area contributed by atoms with E-state index in [1.54, 1.807) is 3.11 Å². The lowest BCUT2D eigenvalue weighted by atomic mass is 10.0. The molecule has 1 amide bonds. The van der Waals surface area contributed by atoms with Crippen molar-refractivity contribution in [3.8, 4) is 5.88 Å². The molecule has 1 heterocycles. The van der Waals surface area contributed by atoms with Crippen LogP contribution in [0.25, 0.3) is 0 Å². The van der Waals surface area contributed by atoms with E-state index in [1.165, 1.54) is 5.01 Å². The van der Waals surface area contributed by atoms with Gasteiger partial charge in [-0.1, -0.05) is 62.4 Å². The van der Waals surface area contributed by atoms with Crippen molar-refractivity contribution >= 4 is 52.5 Å². The van der Waals surface area contributed by atoms with Gasteiger partial charge in [-0.05, 0) is 30.0 Å². The first-order valence-corrected chi connectivity index (χ1v) is 11.7. The fourth-order valence-corrected chi connectivity index (χ4v) is 3.94. The van der Waals surface area contributed by atoms with Crippen molar-refractivity contribution in [1.82, 2.24) is 9.97 Å². The summed E-state index contributed by atoms with van der Waals surface area (Å²) in [5, 5.41) is 1.20. The third-order valence-electron chi connectivity index (χ3n) is 4.94. The molecule has 1 atom stereocenters. The van der Waals surface area contributed by atoms with E-state index in [0.29, 0.717) is 6.42 Å². The molecule has 0 spiro atoms. The molecule has 0 unspecified atom stereocenters. The van der Waals surface area contributed by atoms with Crippen LogP contribution in [0.3, 0.4) is 0 Å². The maximum Gasteiger partial charge on any atom is 0.258 e. The molecule has 10 heteroatoms. The van der Waals surface area contributed by atoms with E-state index in [1.807, 2.05) is 97.4 Å². The highest BCUT2D eigenvalue weighted by molar-refractivity contribution is 14.1. The number of anilines is 3. The Hall–Kier alpha value is -3.25. The average Bonchev–Trinajstić information content (AvgIpc) is 2.85. The highest BCUT2D eigenvalue weighted by atomic mass is 127. The molecular formula is C24H27IN6O3. The Morgan fingerprint density at radius 3 is 2.26 bits per heavy atom. The van der Waals surface area contributed by atoms with Crippen LogP contribution in [-0.4, -0.2) is 28.2 Å². The van der Waals surface area contributed by atoms with Gasteiger partial charge in [-0.2, -0.15) is 9.97 Å². The van der Waals surface area contributed by atoms with Crippen molar-refractivity contribution in [3.63, 3.8) is 0 Å². The number of carbonyl (C=O) groups excluding carboxylic acids is 2. The smallest absolute Gasteiger partial charge is 0.258 e. The average molecular weight is 574 g/mol. The highest BCUT2D eigenvalue weighted by Crippen LogP contribution is 2.36. The third-order valence-corrected chi connectivity index (χ3v) is 5.95. The van der Waals surface area contributed by atoms with Crippen LogP contribution in [-0.2, 0) is 11.4 Å². The summed E-state index contributed by atoms with van der Waals surface area (Å²) in [5.74, 6) is 5.99. The fourth-order valence-electron chi connectivity index (χ4n) is 3.27. The van der Waals surface area contributed by atoms with Crippen molar-refractivity contribution in [1.29, 1.82) is 0 Å². The SMILES string of the molecule is CC(C)C[C@H](C=O)N(N)c1nc(OCc2ccccc2)c(C(N)=O)c(N(I)c2ccccc2)n1. The van der Waals surface area contributed by atoms with E-state index in [2.05, 4.69) is 9.97 Å². The molecule has 0 fully saturated rings. The van der Waals surface area contributed by atoms with Gasteiger partial charge in [0.05, 0.1) is 28.6 Å². The molecule has 0 aliphatic rings. The van der Waals surface area contributed by atoms with Gasteiger partial charge in [0.1, 0.15) is 24.5 Å². The minimum atomic E-state index is -0.750. The van der Waals surface area contributed by atoms with Crippen molar-refractivity contribution < 1.29 is 14.3 Å². The first-order valence-electron chi connectivity index (χ1n) is 10.7. The van der Waals surface area contributed by atoms with Gasteiger partial charge < -0.3 is 15.3 Å². The van der Waals surface area contributed by atoms with Crippen molar-refractivity contribution in [3.05, 3.63) is 71.8 Å². The van der Waals surface area contributed by atoms with Crippen molar-refractivity contribution in [2.24, 2.45) is 17.5 Å². The minimum Gasteiger partial charge on any atom is -0.472 e. The Balaban J connectivity index is 2.11. The first kappa shape index (κ1) is 25.4. The van der Waals surface area contributed by atoms with Crippen LogP contribution >= 0.6 is 22.9 Å². The van der Waals surface area contributed by atoms with E-state index in [9.17, 15) is 9.59 Å². The molecule has 2 aromatic carbocycles. The zero-order valence-electron chi connectivity index (χ0n) is 19.0. The molecule has 0 saturated heterocycles. The number of nitrogens with two attached hydrogens (primary N) is 2. The number of halogens is 1. The van der Waals surface area contributed by atoms with Crippen LogP contribution < -0.4 is 24.4 Å². The number of aldehydes is 1. The summed E-state index contributed by atoms with van der Waals surface area (Å²) in [7, 11) is 0. The van der Waals surface area contributed by atoms with Crippen LogP contribution in [0.4, 0.5) is 17.5 Å². The second kappa shape index (κ2) is 11.7. The van der Waals surface area contributed by atoms with Gasteiger partial charge in [0.25, 0.3) is 5.91 Å². The van der Waals surface area contributed by atoms with Crippen molar-refractivity contribution in [2.45, 2.75) is 32.9 Å². The van der Waals surface area contributed by atoms with Crippen LogP contribution in [0.1, 0.15) is 36.2 Å². The zero-order valence-corrected chi connectivity index (χ0v) is 21.1. The van der Waals surface area contributed by atoms with E-state index in [0.717, 1.165) is 17.5 Å². The first-order chi connectivity index (χ1) is 16.3. The molecule has 4 N–H and O–H groups in total. The number of para-hydroxylation sites is 1. The molecule has 1 aromatic heterocycles. The molecule has 3 aromatic rings. The maximum atomic E-state index is 12.5. The number of amides is 1. The molecule has 0 aliphatic carbocycles. The lowest BCUT2D eigenvalue weighted by Gasteiger charge is -2.27. The van der Waals surface area contributed by atoms with E-state index in [4.69, 9.17) is 16.3 Å². The Labute approximate surface area is 212 Å². The topological polar surface area (TPSA) is 128 Å². The molecule has 0 bridgehead atoms. The Morgan fingerprint density at radius 2 is 1.71 bits per heavy atom. The number of carbonyl (C=O) groups is 2. The Kier molecular flexibility index (Phi) is 8.77. The maximum absolute atomic E-state index is 12.5. The molecule has 0 radical (unpaired) electrons. The monoisotopic (exact) mass is 574 g/mol. The number of nitrogens with zero attached hydrogens (tertiary/aromatic N) is 4.